The van der Waals surface area contributed by atoms with Gasteiger partial charge >= 0.3 is 5.97 Å². The Balaban J connectivity index is 3.18. The zero-order chi connectivity index (χ0) is 14.6. The Labute approximate surface area is 117 Å². The number of rotatable bonds is 4. The minimum atomic E-state index is -1.30. The number of nitrogens with two attached hydrogens (primary N) is 1. The fourth-order valence-electron chi connectivity index (χ4n) is 1.10. The number of anilines is 1. The molecule has 0 heterocycles. The fraction of sp³-hybridized carbons (Fsp3) is 0. The number of nitrogens with one attached hydrogen (secondary N) is 2. The highest BCUT2D eigenvalue weighted by molar-refractivity contribution is 6.46. The van der Waals surface area contributed by atoms with Crippen molar-refractivity contribution in [3.8, 4) is 6.07 Å². The second-order valence-electron chi connectivity index (χ2n) is 3.19. The number of carbonyl (C=O) groups is 1. The molecule has 98 valence electrons. The quantitative estimate of drug-likeness (QED) is 0.382. The molecule has 1 rings (SSSR count). The number of hydrogen-bond donors (Lipinski definition) is 4. The van der Waals surface area contributed by atoms with Gasteiger partial charge in [0.1, 0.15) is 6.07 Å². The normalized spacial score (nSPS) is 10.7. The van der Waals surface area contributed by atoms with Crippen molar-refractivity contribution in [1.29, 1.82) is 10.7 Å². The summed E-state index contributed by atoms with van der Waals surface area (Å²) in [6.45, 7) is 0. The second-order valence-corrected chi connectivity index (χ2v) is 3.97. The molecular weight excluding hydrogens is 293 g/mol. The number of benzene rings is 1. The van der Waals surface area contributed by atoms with Gasteiger partial charge in [-0.05, 0) is 12.1 Å². The van der Waals surface area contributed by atoms with Crippen LogP contribution in [0.3, 0.4) is 0 Å². The first-order valence-electron chi connectivity index (χ1n) is 4.68. The van der Waals surface area contributed by atoms with Crippen LogP contribution < -0.4 is 11.2 Å². The van der Waals surface area contributed by atoms with Crippen LogP contribution in [0.25, 0.3) is 0 Å². The predicted octanol–water partition coefficient (Wildman–Crippen LogP) is 1.92. The third kappa shape index (κ3) is 3.34. The minimum absolute atomic E-state index is 0.0286. The number of hydrazone groups is 1. The van der Waals surface area contributed by atoms with Gasteiger partial charge in [-0.1, -0.05) is 23.2 Å². The maximum Gasteiger partial charge on any atom is 0.338 e. The summed E-state index contributed by atoms with van der Waals surface area (Å²) in [4.78, 5) is 11.0. The van der Waals surface area contributed by atoms with Crippen molar-refractivity contribution in [1.82, 2.24) is 0 Å². The Morgan fingerprint density at radius 1 is 1.53 bits per heavy atom. The van der Waals surface area contributed by atoms with E-state index in [9.17, 15) is 4.79 Å². The van der Waals surface area contributed by atoms with E-state index in [1.165, 1.54) is 12.1 Å². The molecule has 0 unspecified atom stereocenters. The predicted molar refractivity (Wildman–Crippen MR) is 72.0 cm³/mol. The zero-order valence-electron chi connectivity index (χ0n) is 9.24. The largest absolute Gasteiger partial charge is 0.478 e. The Bertz CT molecular complexity index is 621. The van der Waals surface area contributed by atoms with E-state index < -0.39 is 11.8 Å². The summed E-state index contributed by atoms with van der Waals surface area (Å²) < 4.78 is 0. The molecule has 1 aromatic carbocycles. The van der Waals surface area contributed by atoms with Crippen LogP contribution in [0.15, 0.2) is 17.2 Å². The molecule has 0 radical (unpaired) electrons. The third-order valence-corrected chi connectivity index (χ3v) is 2.66. The molecule has 0 saturated heterocycles. The summed E-state index contributed by atoms with van der Waals surface area (Å²) >= 11 is 11.6. The van der Waals surface area contributed by atoms with Crippen molar-refractivity contribution in [3.63, 3.8) is 0 Å². The Morgan fingerprint density at radius 3 is 2.63 bits per heavy atom. The van der Waals surface area contributed by atoms with Crippen molar-refractivity contribution in [2.24, 2.45) is 10.8 Å². The van der Waals surface area contributed by atoms with E-state index in [0.29, 0.717) is 0 Å². The average molecular weight is 300 g/mol. The van der Waals surface area contributed by atoms with Crippen LogP contribution in [-0.4, -0.2) is 22.6 Å². The lowest BCUT2D eigenvalue weighted by Gasteiger charge is -2.08. The van der Waals surface area contributed by atoms with E-state index in [0.717, 1.165) is 0 Å². The molecule has 0 aliphatic rings. The van der Waals surface area contributed by atoms with Crippen molar-refractivity contribution in [3.05, 3.63) is 27.7 Å². The van der Waals surface area contributed by atoms with Crippen LogP contribution >= 0.6 is 23.2 Å². The van der Waals surface area contributed by atoms with Crippen LogP contribution in [0.1, 0.15) is 10.4 Å². The molecule has 19 heavy (non-hydrogen) atoms. The molecule has 5 N–H and O–H groups in total. The molecule has 7 nitrogen and oxygen atoms in total. The molecule has 0 aromatic heterocycles. The number of carboxylic acids is 1. The van der Waals surface area contributed by atoms with Crippen LogP contribution in [0.5, 0.6) is 0 Å². The SMILES string of the molecule is N#C/C(=N\Nc1ccc(Cl)c(C(=O)O)c1Cl)C(=N)N. The average Bonchev–Trinajstić information content (AvgIpc) is 2.31. The fourth-order valence-corrected chi connectivity index (χ4v) is 1.67. The number of amidine groups is 1. The highest BCUT2D eigenvalue weighted by Gasteiger charge is 2.17. The van der Waals surface area contributed by atoms with Gasteiger partial charge in [0.2, 0.25) is 5.71 Å². The van der Waals surface area contributed by atoms with Gasteiger partial charge in [0, 0.05) is 0 Å². The zero-order valence-corrected chi connectivity index (χ0v) is 10.7. The standard InChI is InChI=1S/C10H7Cl2N5O2/c11-4-1-2-5(8(12)7(4)10(18)19)16-17-6(3-13)9(14)15/h1-2,16H,(H3,14,15)(H,18,19)/b17-6+. The lowest BCUT2D eigenvalue weighted by atomic mass is 10.2. The topological polar surface area (TPSA) is 135 Å². The van der Waals surface area contributed by atoms with E-state index in [4.69, 9.17) is 44.7 Å². The van der Waals surface area contributed by atoms with E-state index >= 15 is 0 Å². The van der Waals surface area contributed by atoms with Gasteiger partial charge in [0.05, 0.1) is 21.3 Å². The summed E-state index contributed by atoms with van der Waals surface area (Å²) in [5.41, 5.74) is 6.93. The molecule has 9 heteroatoms. The van der Waals surface area contributed by atoms with Gasteiger partial charge in [-0.25, -0.2) is 4.79 Å². The smallest absolute Gasteiger partial charge is 0.338 e. The summed E-state index contributed by atoms with van der Waals surface area (Å²) in [6.07, 6.45) is 0. The van der Waals surface area contributed by atoms with Gasteiger partial charge < -0.3 is 10.8 Å². The number of halogens is 2. The van der Waals surface area contributed by atoms with Gasteiger partial charge in [-0.2, -0.15) is 10.4 Å². The summed E-state index contributed by atoms with van der Waals surface area (Å²) in [5, 5.41) is 28.0. The lowest BCUT2D eigenvalue weighted by molar-refractivity contribution is 0.0697. The van der Waals surface area contributed by atoms with Crippen molar-refractivity contribution < 1.29 is 9.90 Å². The highest BCUT2D eigenvalue weighted by atomic mass is 35.5. The van der Waals surface area contributed by atoms with E-state index in [-0.39, 0.29) is 27.0 Å². The van der Waals surface area contributed by atoms with Crippen LogP contribution in [-0.2, 0) is 0 Å². The number of hydrogen-bond acceptors (Lipinski definition) is 5. The molecule has 0 aliphatic heterocycles. The maximum absolute atomic E-state index is 11.0. The number of aromatic carboxylic acids is 1. The van der Waals surface area contributed by atoms with E-state index in [1.54, 1.807) is 6.07 Å². The molecule has 0 saturated carbocycles. The lowest BCUT2D eigenvalue weighted by Crippen LogP contribution is -2.22. The van der Waals surface area contributed by atoms with Crippen LogP contribution in [0, 0.1) is 16.7 Å². The summed E-state index contributed by atoms with van der Waals surface area (Å²) in [6, 6.07) is 4.29. The Kier molecular flexibility index (Phi) is 4.69. The first-order valence-corrected chi connectivity index (χ1v) is 5.43. The van der Waals surface area contributed by atoms with Crippen LogP contribution in [0.2, 0.25) is 10.0 Å². The highest BCUT2D eigenvalue weighted by Crippen LogP contribution is 2.31. The van der Waals surface area contributed by atoms with Crippen molar-refractivity contribution in [2.45, 2.75) is 0 Å². The minimum Gasteiger partial charge on any atom is -0.478 e. The molecule has 0 spiro atoms. The Morgan fingerprint density at radius 2 is 2.16 bits per heavy atom. The van der Waals surface area contributed by atoms with E-state index in [2.05, 4.69) is 10.5 Å². The van der Waals surface area contributed by atoms with Crippen LogP contribution in [0.4, 0.5) is 5.69 Å². The molecule has 0 aliphatic carbocycles. The molecule has 1 aromatic rings. The monoisotopic (exact) mass is 299 g/mol. The number of nitriles is 1. The van der Waals surface area contributed by atoms with Crippen molar-refractivity contribution in [2.75, 3.05) is 5.43 Å². The first kappa shape index (κ1) is 14.8. The van der Waals surface area contributed by atoms with Gasteiger partial charge in [-0.15, -0.1) is 0 Å². The summed E-state index contributed by atoms with van der Waals surface area (Å²) in [5.74, 6) is -1.83. The van der Waals surface area contributed by atoms with Gasteiger partial charge in [0.15, 0.2) is 5.84 Å². The second kappa shape index (κ2) is 6.04. The summed E-state index contributed by atoms with van der Waals surface area (Å²) in [7, 11) is 0. The van der Waals surface area contributed by atoms with Gasteiger partial charge in [-0.3, -0.25) is 10.8 Å². The Hall–Kier alpha value is -2.30. The molecule has 0 atom stereocenters. The molecule has 0 fully saturated rings. The first-order chi connectivity index (χ1) is 8.88. The van der Waals surface area contributed by atoms with Gasteiger partial charge in [0.25, 0.3) is 0 Å². The number of carboxylic acid groups (broad SMARTS) is 1. The van der Waals surface area contributed by atoms with Crippen molar-refractivity contribution >= 4 is 46.4 Å². The molecule has 0 amide bonds. The maximum atomic E-state index is 11.0. The number of nitrogens with zero attached hydrogens (tertiary/aromatic N) is 2. The third-order valence-electron chi connectivity index (χ3n) is 1.95. The molecule has 0 bridgehead atoms. The molecular formula is C10H7Cl2N5O2. The van der Waals surface area contributed by atoms with E-state index in [1.807, 2.05) is 0 Å².